The van der Waals surface area contributed by atoms with Crippen LogP contribution in [0.5, 0.6) is 5.75 Å². The molecule has 1 N–H and O–H groups in total. The molecule has 1 fully saturated rings. The molecule has 2 aliphatic rings. The van der Waals surface area contributed by atoms with E-state index in [1.54, 1.807) is 6.07 Å². The van der Waals surface area contributed by atoms with Gasteiger partial charge in [0.2, 0.25) is 0 Å². The van der Waals surface area contributed by atoms with Crippen molar-refractivity contribution in [3.63, 3.8) is 0 Å². The number of carbonyl (C=O) groups is 1. The number of benzene rings is 2. The Hall–Kier alpha value is -2.81. The van der Waals surface area contributed by atoms with Gasteiger partial charge in [-0.3, -0.25) is 9.69 Å². The highest BCUT2D eigenvalue weighted by atomic mass is 32.1. The third-order valence-electron chi connectivity index (χ3n) is 5.92. The summed E-state index contributed by atoms with van der Waals surface area (Å²) in [5, 5.41) is 9.77. The molecular weight excluding hydrogens is 434 g/mol. The molecule has 1 aromatic heterocycles. The van der Waals surface area contributed by atoms with Crippen molar-refractivity contribution in [1.29, 1.82) is 0 Å². The molecule has 3 heterocycles. The lowest BCUT2D eigenvalue weighted by atomic mass is 10.0. The number of aliphatic hydroxyl groups is 1. The van der Waals surface area contributed by atoms with Crippen LogP contribution in [0.4, 0.5) is 14.5 Å². The van der Waals surface area contributed by atoms with Crippen LogP contribution in [0.25, 0.3) is 10.4 Å². The quantitative estimate of drug-likeness (QED) is 0.631. The molecular formula is C24H22F2N2O3S. The number of rotatable bonds is 4. The number of thiophene rings is 1. The van der Waals surface area contributed by atoms with Gasteiger partial charge in [0, 0.05) is 48.8 Å². The van der Waals surface area contributed by atoms with E-state index >= 15 is 0 Å². The molecule has 5 nitrogen and oxygen atoms in total. The second-order valence-electron chi connectivity index (χ2n) is 8.22. The molecule has 5 rings (SSSR count). The first-order valence-corrected chi connectivity index (χ1v) is 11.2. The predicted octanol–water partition coefficient (Wildman–Crippen LogP) is 4.43. The zero-order chi connectivity index (χ0) is 22.4. The minimum Gasteiger partial charge on any atom is -0.488 e. The zero-order valence-electron chi connectivity index (χ0n) is 17.5. The molecule has 0 saturated carbocycles. The maximum absolute atomic E-state index is 14.2. The smallest absolute Gasteiger partial charge is 0.268 e. The summed E-state index contributed by atoms with van der Waals surface area (Å²) >= 11 is 1.35. The fourth-order valence-electron chi connectivity index (χ4n) is 4.25. The van der Waals surface area contributed by atoms with E-state index in [2.05, 4.69) is 11.0 Å². The van der Waals surface area contributed by atoms with Crippen molar-refractivity contribution in [2.75, 3.05) is 25.0 Å². The van der Waals surface area contributed by atoms with E-state index < -0.39 is 11.6 Å². The van der Waals surface area contributed by atoms with Crippen LogP contribution in [0.1, 0.15) is 27.2 Å². The molecule has 166 valence electrons. The van der Waals surface area contributed by atoms with Crippen molar-refractivity contribution in [3.05, 3.63) is 70.1 Å². The number of β-amino-alcohol motifs (C(OH)–C–C–N with tert-alkyl or cyclic N) is 1. The average molecular weight is 457 g/mol. The lowest BCUT2D eigenvalue weighted by Crippen LogP contribution is -2.26. The third-order valence-corrected chi connectivity index (χ3v) is 7.12. The molecule has 2 aromatic carbocycles. The number of likely N-dealkylation sites (tertiary alicyclic amines) is 1. The molecule has 0 spiro atoms. The highest BCUT2D eigenvalue weighted by molar-refractivity contribution is 7.17. The van der Waals surface area contributed by atoms with E-state index in [-0.39, 0.29) is 17.7 Å². The maximum Gasteiger partial charge on any atom is 0.268 e. The van der Waals surface area contributed by atoms with Crippen LogP contribution in [0.2, 0.25) is 0 Å². The van der Waals surface area contributed by atoms with Crippen molar-refractivity contribution in [1.82, 2.24) is 4.90 Å². The van der Waals surface area contributed by atoms with Crippen LogP contribution in [-0.2, 0) is 13.2 Å². The molecule has 0 bridgehead atoms. The maximum atomic E-state index is 14.2. The molecule has 2 aliphatic heterocycles. The van der Waals surface area contributed by atoms with Gasteiger partial charge in [-0.2, -0.15) is 0 Å². The average Bonchev–Trinajstić information content (AvgIpc) is 3.39. The van der Waals surface area contributed by atoms with Gasteiger partial charge in [-0.05, 0) is 42.3 Å². The fraction of sp³-hybridized carbons (Fsp3) is 0.292. The molecule has 32 heavy (non-hydrogen) atoms. The zero-order valence-corrected chi connectivity index (χ0v) is 18.3. The summed E-state index contributed by atoms with van der Waals surface area (Å²) in [5.41, 5.74) is 2.98. The van der Waals surface area contributed by atoms with Crippen molar-refractivity contribution in [2.45, 2.75) is 25.7 Å². The Morgan fingerprint density at radius 1 is 1.25 bits per heavy atom. The van der Waals surface area contributed by atoms with E-state index in [0.717, 1.165) is 59.0 Å². The second-order valence-corrected chi connectivity index (χ2v) is 9.27. The highest BCUT2D eigenvalue weighted by Gasteiger charge is 2.26. The summed E-state index contributed by atoms with van der Waals surface area (Å²) in [7, 11) is 1.48. The number of nitrogens with zero attached hydrogens (tertiary/aromatic N) is 2. The number of fused-ring (bicyclic) bond motifs is 3. The minimum atomic E-state index is -0.785. The molecule has 1 unspecified atom stereocenters. The molecule has 1 atom stereocenters. The van der Waals surface area contributed by atoms with Gasteiger partial charge in [-0.1, -0.05) is 6.07 Å². The van der Waals surface area contributed by atoms with Gasteiger partial charge in [0.05, 0.1) is 16.7 Å². The number of hydrogen-bond acceptors (Lipinski definition) is 5. The fourth-order valence-corrected chi connectivity index (χ4v) is 5.41. The largest absolute Gasteiger partial charge is 0.488 e. The van der Waals surface area contributed by atoms with Crippen LogP contribution in [-0.4, -0.2) is 42.2 Å². The van der Waals surface area contributed by atoms with Crippen molar-refractivity contribution in [3.8, 4) is 16.2 Å². The van der Waals surface area contributed by atoms with Gasteiger partial charge in [-0.15, -0.1) is 11.3 Å². The number of hydrogen-bond donors (Lipinski definition) is 1. The Bertz CT molecular complexity index is 1200. The normalized spacial score (nSPS) is 17.6. The molecule has 0 aliphatic carbocycles. The second kappa shape index (κ2) is 8.27. The van der Waals surface area contributed by atoms with Crippen LogP contribution >= 0.6 is 11.3 Å². The summed E-state index contributed by atoms with van der Waals surface area (Å²) in [6, 6.07) is 11.0. The summed E-state index contributed by atoms with van der Waals surface area (Å²) in [5.74, 6) is -1.07. The molecule has 1 amide bonds. The number of anilines is 1. The topological polar surface area (TPSA) is 53.0 Å². The first kappa shape index (κ1) is 21.1. The third kappa shape index (κ3) is 3.90. The molecule has 1 saturated heterocycles. The van der Waals surface area contributed by atoms with Crippen LogP contribution in [0.15, 0.2) is 42.5 Å². The number of ether oxygens (including phenoxy) is 1. The summed E-state index contributed by atoms with van der Waals surface area (Å²) < 4.78 is 33.3. The summed E-state index contributed by atoms with van der Waals surface area (Å²) in [6.07, 6.45) is 0.521. The Morgan fingerprint density at radius 3 is 2.84 bits per heavy atom. The number of amides is 1. The molecule has 0 radical (unpaired) electrons. The Balaban J connectivity index is 1.42. The van der Waals surface area contributed by atoms with Crippen LogP contribution in [0, 0.1) is 11.6 Å². The first-order chi connectivity index (χ1) is 15.4. The van der Waals surface area contributed by atoms with Gasteiger partial charge in [0.15, 0.2) is 0 Å². The van der Waals surface area contributed by atoms with E-state index in [1.165, 1.54) is 29.4 Å². The minimum absolute atomic E-state index is 0.0227. The SMILES string of the molecule is CN(C(=O)c1cc2c(s1)-c1cc(CN3CCC(O)C3)ccc1OC2)c1ccc(F)cc1F. The monoisotopic (exact) mass is 456 g/mol. The van der Waals surface area contributed by atoms with E-state index in [1.807, 2.05) is 12.1 Å². The Morgan fingerprint density at radius 2 is 2.09 bits per heavy atom. The number of halogens is 2. The Kier molecular flexibility index (Phi) is 5.44. The lowest BCUT2D eigenvalue weighted by molar-refractivity contribution is 0.0996. The summed E-state index contributed by atoms with van der Waals surface area (Å²) in [6.45, 7) is 2.63. The molecule has 8 heteroatoms. The van der Waals surface area contributed by atoms with Gasteiger partial charge < -0.3 is 14.7 Å². The van der Waals surface area contributed by atoms with Crippen molar-refractivity contribution < 1.29 is 23.4 Å². The van der Waals surface area contributed by atoms with Gasteiger partial charge in [-0.25, -0.2) is 8.78 Å². The first-order valence-electron chi connectivity index (χ1n) is 10.4. The van der Waals surface area contributed by atoms with E-state index in [4.69, 9.17) is 4.74 Å². The summed E-state index contributed by atoms with van der Waals surface area (Å²) in [4.78, 5) is 17.9. The lowest BCUT2D eigenvalue weighted by Gasteiger charge is -2.20. The Labute approximate surface area is 188 Å². The van der Waals surface area contributed by atoms with Crippen LogP contribution < -0.4 is 9.64 Å². The molecule has 3 aromatic rings. The highest BCUT2D eigenvalue weighted by Crippen LogP contribution is 2.43. The van der Waals surface area contributed by atoms with Gasteiger partial charge >= 0.3 is 0 Å². The van der Waals surface area contributed by atoms with E-state index in [0.29, 0.717) is 18.0 Å². The number of aliphatic hydroxyl groups excluding tert-OH is 1. The van der Waals surface area contributed by atoms with E-state index in [9.17, 15) is 18.7 Å². The predicted molar refractivity (Wildman–Crippen MR) is 119 cm³/mol. The van der Waals surface area contributed by atoms with Crippen molar-refractivity contribution in [2.24, 2.45) is 0 Å². The van der Waals surface area contributed by atoms with Gasteiger partial charge in [0.25, 0.3) is 5.91 Å². The van der Waals surface area contributed by atoms with Gasteiger partial charge in [0.1, 0.15) is 24.0 Å². The van der Waals surface area contributed by atoms with Crippen molar-refractivity contribution >= 4 is 22.9 Å². The van der Waals surface area contributed by atoms with Crippen LogP contribution in [0.3, 0.4) is 0 Å². The number of carbonyl (C=O) groups excluding carboxylic acids is 1. The standard InChI is InChI=1S/C24H22F2N2O3S/c1-27(20-4-3-16(25)10-19(20)26)24(30)22-9-15-13-31-21-5-2-14(8-18(21)23(15)32-22)11-28-7-6-17(29)12-28/h2-5,8-10,17,29H,6-7,11-13H2,1H3.